The van der Waals surface area contributed by atoms with Crippen LogP contribution in [0.2, 0.25) is 5.02 Å². The number of aliphatic carboxylic acids is 1. The van der Waals surface area contributed by atoms with Gasteiger partial charge in [0.2, 0.25) is 0 Å². The lowest BCUT2D eigenvalue weighted by Gasteiger charge is -2.18. The number of carboxylic acid groups (broad SMARTS) is 1. The fourth-order valence-corrected chi connectivity index (χ4v) is 2.75. The smallest absolute Gasteiger partial charge is 0.305 e. The van der Waals surface area contributed by atoms with Crippen LogP contribution < -0.4 is 5.32 Å². The van der Waals surface area contributed by atoms with Gasteiger partial charge in [-0.25, -0.2) is 4.98 Å². The van der Waals surface area contributed by atoms with E-state index in [9.17, 15) is 9.59 Å². The van der Waals surface area contributed by atoms with Crippen molar-refractivity contribution in [2.45, 2.75) is 12.5 Å². The predicted molar refractivity (Wildman–Crippen MR) is 93.5 cm³/mol. The quantitative estimate of drug-likeness (QED) is 0.733. The molecular formula is C18H14ClN3O3. The molecule has 0 unspecified atom stereocenters. The molecule has 3 aromatic rings. The van der Waals surface area contributed by atoms with Gasteiger partial charge in [-0.3, -0.25) is 14.6 Å². The third kappa shape index (κ3) is 3.92. The van der Waals surface area contributed by atoms with E-state index < -0.39 is 17.9 Å². The first kappa shape index (κ1) is 16.9. The Labute approximate surface area is 148 Å². The van der Waals surface area contributed by atoms with Crippen LogP contribution in [0.1, 0.15) is 28.5 Å². The molecule has 1 atom stereocenters. The Balaban J connectivity index is 1.93. The van der Waals surface area contributed by atoms with Gasteiger partial charge in [0, 0.05) is 22.8 Å². The van der Waals surface area contributed by atoms with Crippen LogP contribution in [0.5, 0.6) is 0 Å². The summed E-state index contributed by atoms with van der Waals surface area (Å²) < 4.78 is 0. The molecule has 3 rings (SSSR count). The first-order chi connectivity index (χ1) is 12.0. The molecule has 2 heterocycles. The van der Waals surface area contributed by atoms with Crippen molar-refractivity contribution in [2.75, 3.05) is 0 Å². The number of carbonyl (C=O) groups is 2. The van der Waals surface area contributed by atoms with Crippen LogP contribution in [0.4, 0.5) is 0 Å². The molecule has 0 radical (unpaired) electrons. The number of halogens is 1. The Bertz CT molecular complexity index is 940. The van der Waals surface area contributed by atoms with Crippen LogP contribution in [0.3, 0.4) is 0 Å². The number of aromatic nitrogens is 2. The zero-order valence-electron chi connectivity index (χ0n) is 13.0. The van der Waals surface area contributed by atoms with Crippen molar-refractivity contribution < 1.29 is 14.7 Å². The maximum Gasteiger partial charge on any atom is 0.305 e. The van der Waals surface area contributed by atoms with Gasteiger partial charge in [0.1, 0.15) is 5.52 Å². The molecule has 0 bridgehead atoms. The number of fused-ring (bicyclic) bond motifs is 1. The molecule has 2 aromatic heterocycles. The number of carboxylic acids is 1. The van der Waals surface area contributed by atoms with Crippen LogP contribution in [0.25, 0.3) is 10.9 Å². The van der Waals surface area contributed by atoms with Gasteiger partial charge in [0.15, 0.2) is 5.69 Å². The van der Waals surface area contributed by atoms with E-state index >= 15 is 0 Å². The Morgan fingerprint density at radius 3 is 2.72 bits per heavy atom. The molecule has 0 aliphatic carbocycles. The van der Waals surface area contributed by atoms with E-state index in [1.54, 1.807) is 42.6 Å². The van der Waals surface area contributed by atoms with Crippen LogP contribution >= 0.6 is 11.6 Å². The van der Waals surface area contributed by atoms with Crippen LogP contribution in [-0.2, 0) is 4.79 Å². The molecule has 6 nitrogen and oxygen atoms in total. The molecule has 7 heteroatoms. The molecule has 25 heavy (non-hydrogen) atoms. The van der Waals surface area contributed by atoms with Crippen molar-refractivity contribution in [2.24, 2.45) is 0 Å². The minimum absolute atomic E-state index is 0.149. The van der Waals surface area contributed by atoms with Gasteiger partial charge in [0.25, 0.3) is 5.91 Å². The van der Waals surface area contributed by atoms with Crippen molar-refractivity contribution in [3.05, 3.63) is 71.1 Å². The highest BCUT2D eigenvalue weighted by atomic mass is 35.5. The zero-order chi connectivity index (χ0) is 17.8. The number of carbonyl (C=O) groups excluding carboxylic acids is 1. The maximum absolute atomic E-state index is 12.7. The average Bonchev–Trinajstić information content (AvgIpc) is 2.60. The van der Waals surface area contributed by atoms with E-state index in [1.165, 1.54) is 6.20 Å². The molecule has 0 fully saturated rings. The van der Waals surface area contributed by atoms with E-state index in [4.69, 9.17) is 16.7 Å². The average molecular weight is 356 g/mol. The van der Waals surface area contributed by atoms with Gasteiger partial charge in [-0.05, 0) is 29.8 Å². The number of pyridine rings is 2. The van der Waals surface area contributed by atoms with Crippen LogP contribution in [0.15, 0.2) is 54.9 Å². The topological polar surface area (TPSA) is 92.2 Å². The van der Waals surface area contributed by atoms with E-state index in [-0.39, 0.29) is 12.1 Å². The third-order valence-corrected chi connectivity index (χ3v) is 3.91. The minimum Gasteiger partial charge on any atom is -0.481 e. The third-order valence-electron chi connectivity index (χ3n) is 3.67. The number of hydrogen-bond acceptors (Lipinski definition) is 4. The molecule has 1 aromatic carbocycles. The van der Waals surface area contributed by atoms with Gasteiger partial charge < -0.3 is 10.4 Å². The Kier molecular flexibility index (Phi) is 4.90. The lowest BCUT2D eigenvalue weighted by molar-refractivity contribution is -0.137. The molecule has 126 valence electrons. The van der Waals surface area contributed by atoms with Crippen LogP contribution in [0, 0.1) is 0 Å². The second-order valence-corrected chi connectivity index (χ2v) is 5.85. The highest BCUT2D eigenvalue weighted by molar-refractivity contribution is 6.30. The molecule has 0 aliphatic heterocycles. The first-order valence-corrected chi connectivity index (χ1v) is 7.90. The number of nitrogens with zero attached hydrogens (tertiary/aromatic N) is 2. The normalized spacial score (nSPS) is 11.9. The standard InChI is InChI=1S/C18H14ClN3O3/c19-13-5-1-3-12(9-13)14(10-15(23)24)22-18(25)17-16-11(6-8-21-17)4-2-7-20-16/h1-9,14H,10H2,(H,22,25)(H,23,24)/t14-/m1/s1. The van der Waals surface area contributed by atoms with E-state index in [0.717, 1.165) is 5.39 Å². The van der Waals surface area contributed by atoms with Gasteiger partial charge in [-0.15, -0.1) is 0 Å². The molecule has 0 aliphatic rings. The maximum atomic E-state index is 12.7. The fraction of sp³-hybridized carbons (Fsp3) is 0.111. The number of rotatable bonds is 5. The van der Waals surface area contributed by atoms with Crippen molar-refractivity contribution in [1.82, 2.24) is 15.3 Å². The van der Waals surface area contributed by atoms with Crippen molar-refractivity contribution >= 4 is 34.4 Å². The summed E-state index contributed by atoms with van der Waals surface area (Å²) in [6.45, 7) is 0. The second-order valence-electron chi connectivity index (χ2n) is 5.41. The van der Waals surface area contributed by atoms with Gasteiger partial charge in [-0.1, -0.05) is 29.8 Å². The molecule has 0 saturated heterocycles. The largest absolute Gasteiger partial charge is 0.481 e. The Morgan fingerprint density at radius 1 is 1.12 bits per heavy atom. The summed E-state index contributed by atoms with van der Waals surface area (Å²) >= 11 is 5.97. The van der Waals surface area contributed by atoms with E-state index in [2.05, 4.69) is 15.3 Å². The van der Waals surface area contributed by atoms with Crippen molar-refractivity contribution in [1.29, 1.82) is 0 Å². The van der Waals surface area contributed by atoms with Gasteiger partial charge in [-0.2, -0.15) is 0 Å². The summed E-state index contributed by atoms with van der Waals surface area (Å²) in [4.78, 5) is 32.2. The SMILES string of the molecule is O=C(O)C[C@@H](NC(=O)c1nccc2cccnc12)c1cccc(Cl)c1. The van der Waals surface area contributed by atoms with Crippen molar-refractivity contribution in [3.8, 4) is 0 Å². The minimum atomic E-state index is -1.03. The van der Waals surface area contributed by atoms with Crippen LogP contribution in [-0.4, -0.2) is 27.0 Å². The van der Waals surface area contributed by atoms with Crippen molar-refractivity contribution in [3.63, 3.8) is 0 Å². The number of amides is 1. The lowest BCUT2D eigenvalue weighted by atomic mass is 10.0. The number of hydrogen-bond donors (Lipinski definition) is 2. The molecule has 0 spiro atoms. The summed E-state index contributed by atoms with van der Waals surface area (Å²) in [6.07, 6.45) is 2.82. The zero-order valence-corrected chi connectivity index (χ0v) is 13.8. The fourth-order valence-electron chi connectivity index (χ4n) is 2.55. The number of nitrogens with one attached hydrogen (secondary N) is 1. The molecule has 1 amide bonds. The molecule has 2 N–H and O–H groups in total. The lowest BCUT2D eigenvalue weighted by Crippen LogP contribution is -2.31. The summed E-state index contributed by atoms with van der Waals surface area (Å²) in [7, 11) is 0. The first-order valence-electron chi connectivity index (χ1n) is 7.52. The number of benzene rings is 1. The monoisotopic (exact) mass is 355 g/mol. The van der Waals surface area contributed by atoms with Gasteiger partial charge >= 0.3 is 5.97 Å². The summed E-state index contributed by atoms with van der Waals surface area (Å²) in [6, 6.07) is 11.3. The summed E-state index contributed by atoms with van der Waals surface area (Å²) in [5.74, 6) is -1.52. The molecular weight excluding hydrogens is 342 g/mol. The highest BCUT2D eigenvalue weighted by Gasteiger charge is 2.21. The Morgan fingerprint density at radius 2 is 1.96 bits per heavy atom. The van der Waals surface area contributed by atoms with Gasteiger partial charge in [0.05, 0.1) is 12.5 Å². The van der Waals surface area contributed by atoms with E-state index in [1.807, 2.05) is 6.07 Å². The summed E-state index contributed by atoms with van der Waals surface area (Å²) in [5, 5.41) is 13.1. The highest BCUT2D eigenvalue weighted by Crippen LogP contribution is 2.22. The predicted octanol–water partition coefficient (Wildman–Crippen LogP) is 3.23. The second kappa shape index (κ2) is 7.27. The molecule has 0 saturated carbocycles. The Hall–Kier alpha value is -2.99. The van der Waals surface area contributed by atoms with E-state index in [0.29, 0.717) is 16.1 Å². The summed E-state index contributed by atoms with van der Waals surface area (Å²) in [5.41, 5.74) is 1.22.